The molecule has 1 aliphatic heterocycles. The largest absolute Gasteiger partial charge is 0.352 e. The van der Waals surface area contributed by atoms with Gasteiger partial charge < -0.3 is 14.7 Å². The van der Waals surface area contributed by atoms with Gasteiger partial charge in [0.2, 0.25) is 5.95 Å². The smallest absolute Gasteiger partial charge is 0.258 e. The molecule has 1 atom stereocenters. The van der Waals surface area contributed by atoms with Crippen LogP contribution in [-0.4, -0.2) is 50.0 Å². The van der Waals surface area contributed by atoms with Crippen molar-refractivity contribution in [3.8, 4) is 11.5 Å². The molecule has 0 saturated carbocycles. The highest BCUT2D eigenvalue weighted by atomic mass is 35.5. The van der Waals surface area contributed by atoms with Crippen LogP contribution >= 0.6 is 11.6 Å². The number of anilines is 1. The lowest BCUT2D eigenvalue weighted by molar-refractivity contribution is 0.0744. The Kier molecular flexibility index (Phi) is 5.21. The van der Waals surface area contributed by atoms with Gasteiger partial charge in [-0.1, -0.05) is 28.9 Å². The second-order valence-electron chi connectivity index (χ2n) is 6.59. The summed E-state index contributed by atoms with van der Waals surface area (Å²) >= 11 is 5.82. The van der Waals surface area contributed by atoms with Gasteiger partial charge in [-0.25, -0.2) is 9.97 Å². The number of hydrogen-bond donors (Lipinski definition) is 1. The van der Waals surface area contributed by atoms with Crippen molar-refractivity contribution in [2.75, 3.05) is 18.4 Å². The number of aryl methyl sites for hydroxylation is 1. The molecule has 1 unspecified atom stereocenters. The molecule has 0 spiro atoms. The van der Waals surface area contributed by atoms with E-state index in [2.05, 4.69) is 25.4 Å². The van der Waals surface area contributed by atoms with E-state index < -0.39 is 0 Å². The Bertz CT molecular complexity index is 975. The third-order valence-corrected chi connectivity index (χ3v) is 4.86. The number of carbonyl (C=O) groups excluding carboxylic acids is 1. The first-order valence-electron chi connectivity index (χ1n) is 9.04. The van der Waals surface area contributed by atoms with E-state index >= 15 is 0 Å². The maximum atomic E-state index is 13.3. The number of carbonyl (C=O) groups is 1. The van der Waals surface area contributed by atoms with Crippen molar-refractivity contribution in [2.24, 2.45) is 0 Å². The van der Waals surface area contributed by atoms with Gasteiger partial charge in [-0.3, -0.25) is 4.79 Å². The number of rotatable bonds is 5. The van der Waals surface area contributed by atoms with Crippen LogP contribution in [0.1, 0.15) is 29.0 Å². The minimum absolute atomic E-state index is 0.0456. The van der Waals surface area contributed by atoms with Gasteiger partial charge in [0, 0.05) is 19.1 Å². The topological polar surface area (TPSA) is 97.0 Å². The second-order valence-corrected chi connectivity index (χ2v) is 7.03. The molecule has 0 radical (unpaired) electrons. The summed E-state index contributed by atoms with van der Waals surface area (Å²) in [5.41, 5.74) is 1.20. The first kappa shape index (κ1) is 18.4. The number of hydrogen-bond acceptors (Lipinski definition) is 7. The van der Waals surface area contributed by atoms with Crippen molar-refractivity contribution in [2.45, 2.75) is 25.8 Å². The highest BCUT2D eigenvalue weighted by molar-refractivity contribution is 6.30. The summed E-state index contributed by atoms with van der Waals surface area (Å²) in [5, 5.41) is 7.50. The molecule has 8 nitrogen and oxygen atoms in total. The maximum Gasteiger partial charge on any atom is 0.258 e. The van der Waals surface area contributed by atoms with Crippen molar-refractivity contribution in [1.29, 1.82) is 0 Å². The predicted octanol–water partition coefficient (Wildman–Crippen LogP) is 3.21. The molecule has 1 saturated heterocycles. The van der Waals surface area contributed by atoms with Gasteiger partial charge in [-0.15, -0.1) is 0 Å². The predicted molar refractivity (Wildman–Crippen MR) is 104 cm³/mol. The zero-order chi connectivity index (χ0) is 19.5. The highest BCUT2D eigenvalue weighted by Crippen LogP contribution is 2.27. The molecule has 1 fully saturated rings. The van der Waals surface area contributed by atoms with Crippen molar-refractivity contribution in [1.82, 2.24) is 25.0 Å². The van der Waals surface area contributed by atoms with Gasteiger partial charge in [-0.05, 0) is 31.9 Å². The monoisotopic (exact) mass is 398 g/mol. The molecule has 1 N–H and O–H groups in total. The van der Waals surface area contributed by atoms with Crippen LogP contribution in [0.15, 0.2) is 41.2 Å². The minimum Gasteiger partial charge on any atom is -0.352 e. The Morgan fingerprint density at radius 3 is 2.86 bits per heavy atom. The molecular formula is C19H19ClN6O2. The average molecular weight is 399 g/mol. The zero-order valence-corrected chi connectivity index (χ0v) is 16.1. The molecule has 3 heterocycles. The third kappa shape index (κ3) is 3.82. The normalized spacial score (nSPS) is 16.4. The van der Waals surface area contributed by atoms with Crippen LogP contribution < -0.4 is 5.32 Å². The quantitative estimate of drug-likeness (QED) is 0.704. The lowest BCUT2D eigenvalue weighted by Gasteiger charge is -2.25. The van der Waals surface area contributed by atoms with E-state index in [0.29, 0.717) is 46.9 Å². The Morgan fingerprint density at radius 1 is 1.32 bits per heavy atom. The summed E-state index contributed by atoms with van der Waals surface area (Å²) in [6.45, 7) is 3.01. The van der Waals surface area contributed by atoms with E-state index in [1.165, 1.54) is 12.4 Å². The van der Waals surface area contributed by atoms with Crippen LogP contribution in [0.5, 0.6) is 0 Å². The number of aromatic nitrogens is 4. The summed E-state index contributed by atoms with van der Waals surface area (Å²) in [5.74, 6) is 1.33. The molecule has 144 valence electrons. The van der Waals surface area contributed by atoms with Gasteiger partial charge in [0.15, 0.2) is 5.82 Å². The summed E-state index contributed by atoms with van der Waals surface area (Å²) < 4.78 is 5.27. The van der Waals surface area contributed by atoms with Crippen LogP contribution in [0.2, 0.25) is 5.02 Å². The molecular weight excluding hydrogens is 380 g/mol. The van der Waals surface area contributed by atoms with Crippen LogP contribution in [0.3, 0.4) is 0 Å². The molecule has 2 aromatic heterocycles. The number of nitrogens with one attached hydrogen (secondary N) is 1. The van der Waals surface area contributed by atoms with Crippen LogP contribution in [0.25, 0.3) is 11.5 Å². The number of halogens is 1. The minimum atomic E-state index is -0.0484. The first-order chi connectivity index (χ1) is 13.6. The van der Waals surface area contributed by atoms with Gasteiger partial charge in [-0.2, -0.15) is 4.98 Å². The lowest BCUT2D eigenvalue weighted by Crippen LogP contribution is -2.40. The third-order valence-electron chi connectivity index (χ3n) is 4.67. The van der Waals surface area contributed by atoms with E-state index in [1.54, 1.807) is 13.0 Å². The zero-order valence-electron chi connectivity index (χ0n) is 15.3. The summed E-state index contributed by atoms with van der Waals surface area (Å²) in [4.78, 5) is 27.7. The van der Waals surface area contributed by atoms with Gasteiger partial charge in [0.25, 0.3) is 11.8 Å². The van der Waals surface area contributed by atoms with E-state index in [1.807, 2.05) is 23.1 Å². The van der Waals surface area contributed by atoms with Crippen LogP contribution in [0.4, 0.5) is 5.95 Å². The number of nitrogens with zero attached hydrogens (tertiary/aromatic N) is 5. The SMILES string of the molecule is Cc1noc(-c2ccccc2C(=O)N2CCCC2CNc2ncc(Cl)cn2)n1. The second kappa shape index (κ2) is 7.93. The standard InChI is InChI=1S/C19H19ClN6O2/c1-12-24-17(28-25-12)15-6-2-3-7-16(15)18(27)26-8-4-5-14(26)11-23-19-21-9-13(20)10-22-19/h2-3,6-7,9-10,14H,4-5,8,11H2,1H3,(H,21,22,23). The van der Waals surface area contributed by atoms with E-state index in [0.717, 1.165) is 12.8 Å². The fraction of sp³-hybridized carbons (Fsp3) is 0.316. The molecule has 1 aliphatic rings. The van der Waals surface area contributed by atoms with Gasteiger partial charge in [0.05, 0.1) is 28.5 Å². The van der Waals surface area contributed by atoms with Gasteiger partial charge >= 0.3 is 0 Å². The van der Waals surface area contributed by atoms with Crippen molar-refractivity contribution in [3.05, 3.63) is 53.1 Å². The number of likely N-dealkylation sites (tertiary alicyclic amines) is 1. The molecule has 1 amide bonds. The lowest BCUT2D eigenvalue weighted by atomic mass is 10.1. The highest BCUT2D eigenvalue weighted by Gasteiger charge is 2.31. The first-order valence-corrected chi connectivity index (χ1v) is 9.41. The molecule has 9 heteroatoms. The van der Waals surface area contributed by atoms with E-state index in [-0.39, 0.29) is 11.9 Å². The molecule has 3 aromatic rings. The van der Waals surface area contributed by atoms with E-state index in [9.17, 15) is 4.79 Å². The van der Waals surface area contributed by atoms with Crippen molar-refractivity contribution in [3.63, 3.8) is 0 Å². The molecule has 0 aliphatic carbocycles. The maximum absolute atomic E-state index is 13.3. The van der Waals surface area contributed by atoms with Crippen molar-refractivity contribution >= 4 is 23.5 Å². The fourth-order valence-corrected chi connectivity index (χ4v) is 3.44. The number of benzene rings is 1. The fourth-order valence-electron chi connectivity index (χ4n) is 3.35. The summed E-state index contributed by atoms with van der Waals surface area (Å²) in [6.07, 6.45) is 4.93. The van der Waals surface area contributed by atoms with Crippen molar-refractivity contribution < 1.29 is 9.32 Å². The molecule has 28 heavy (non-hydrogen) atoms. The van der Waals surface area contributed by atoms with Gasteiger partial charge in [0.1, 0.15) is 0 Å². The van der Waals surface area contributed by atoms with E-state index in [4.69, 9.17) is 16.1 Å². The average Bonchev–Trinajstić information content (AvgIpc) is 3.36. The Morgan fingerprint density at radius 2 is 2.11 bits per heavy atom. The summed E-state index contributed by atoms with van der Waals surface area (Å²) in [6, 6.07) is 7.36. The molecule has 4 rings (SSSR count). The Labute approximate surface area is 166 Å². The van der Waals surface area contributed by atoms with Crippen LogP contribution in [-0.2, 0) is 0 Å². The number of amides is 1. The Balaban J connectivity index is 1.52. The van der Waals surface area contributed by atoms with Crippen LogP contribution in [0, 0.1) is 6.92 Å². The Hall–Kier alpha value is -3.00. The summed E-state index contributed by atoms with van der Waals surface area (Å²) in [7, 11) is 0. The molecule has 0 bridgehead atoms. The molecule has 1 aromatic carbocycles.